The molecule has 0 saturated heterocycles. The van der Waals surface area contributed by atoms with E-state index in [2.05, 4.69) is 15.0 Å². The average Bonchev–Trinajstić information content (AvgIpc) is 2.97. The first-order chi connectivity index (χ1) is 14.6. The van der Waals surface area contributed by atoms with E-state index in [1.54, 1.807) is 56.3 Å². The predicted molar refractivity (Wildman–Crippen MR) is 118 cm³/mol. The first kappa shape index (κ1) is 22.8. The van der Waals surface area contributed by atoms with E-state index in [1.807, 2.05) is 0 Å². The summed E-state index contributed by atoms with van der Waals surface area (Å²) in [5.74, 6) is -1.48. The van der Waals surface area contributed by atoms with Crippen LogP contribution in [-0.4, -0.2) is 38.3 Å². The van der Waals surface area contributed by atoms with Crippen LogP contribution in [0.5, 0.6) is 0 Å². The van der Waals surface area contributed by atoms with Crippen molar-refractivity contribution in [2.24, 2.45) is 10.9 Å². The summed E-state index contributed by atoms with van der Waals surface area (Å²) in [4.78, 5) is 29.5. The van der Waals surface area contributed by atoms with Crippen LogP contribution in [0, 0.1) is 5.92 Å². The highest BCUT2D eigenvalue weighted by Gasteiger charge is 2.34. The molecule has 1 aliphatic rings. The van der Waals surface area contributed by atoms with Gasteiger partial charge in [0.2, 0.25) is 0 Å². The van der Waals surface area contributed by atoms with Crippen molar-refractivity contribution in [2.75, 3.05) is 5.32 Å². The van der Waals surface area contributed by atoms with Crippen molar-refractivity contribution in [1.29, 1.82) is 0 Å². The smallest absolute Gasteiger partial charge is 0.331 e. The summed E-state index contributed by atoms with van der Waals surface area (Å²) in [6.45, 7) is 4.95. The van der Waals surface area contributed by atoms with E-state index in [9.17, 15) is 18.0 Å². The van der Waals surface area contributed by atoms with Crippen LogP contribution in [0.2, 0.25) is 5.02 Å². The second-order valence-corrected chi connectivity index (χ2v) is 9.43. The van der Waals surface area contributed by atoms with Gasteiger partial charge in [0.1, 0.15) is 5.84 Å². The Labute approximate surface area is 185 Å². The van der Waals surface area contributed by atoms with E-state index in [0.717, 1.165) is 0 Å². The Balaban J connectivity index is 1.75. The van der Waals surface area contributed by atoms with Crippen LogP contribution in [-0.2, 0) is 24.3 Å². The summed E-state index contributed by atoms with van der Waals surface area (Å²) in [5, 5.41) is 3.17. The molecule has 164 valence electrons. The predicted octanol–water partition coefficient (Wildman–Crippen LogP) is 2.97. The minimum absolute atomic E-state index is 0.0736. The number of nitrogens with one attached hydrogen (secondary N) is 2. The van der Waals surface area contributed by atoms with E-state index >= 15 is 0 Å². The molecule has 8 nitrogen and oxygen atoms in total. The van der Waals surface area contributed by atoms with Crippen LogP contribution in [0.15, 0.2) is 58.4 Å². The molecular formula is C21H22ClN3O5S. The Bertz CT molecular complexity index is 1130. The summed E-state index contributed by atoms with van der Waals surface area (Å²) in [6.07, 6.45) is -1.09. The summed E-state index contributed by atoms with van der Waals surface area (Å²) in [5.41, 5.74) is 0.893. The van der Waals surface area contributed by atoms with Crippen molar-refractivity contribution in [3.05, 3.63) is 59.1 Å². The number of halogens is 1. The summed E-state index contributed by atoms with van der Waals surface area (Å²) < 4.78 is 32.2. The maximum absolute atomic E-state index is 12.8. The number of amidine groups is 1. The van der Waals surface area contributed by atoms with Crippen LogP contribution in [0.1, 0.15) is 26.3 Å². The van der Waals surface area contributed by atoms with Gasteiger partial charge in [0.25, 0.3) is 15.9 Å². The second-order valence-electron chi connectivity index (χ2n) is 7.34. The van der Waals surface area contributed by atoms with E-state index in [4.69, 9.17) is 16.3 Å². The summed E-state index contributed by atoms with van der Waals surface area (Å²) in [6, 6.07) is 11.9. The normalized spacial score (nSPS) is 17.5. The number of rotatable bonds is 6. The molecule has 1 amide bonds. The van der Waals surface area contributed by atoms with Crippen LogP contribution in [0.3, 0.4) is 0 Å². The van der Waals surface area contributed by atoms with E-state index < -0.39 is 34.0 Å². The topological polar surface area (TPSA) is 114 Å². The number of fused-ring (bicyclic) bond motifs is 1. The molecule has 0 radical (unpaired) electrons. The third kappa shape index (κ3) is 5.23. The standard InChI is InChI=1S/C21H22ClN3O5S/c1-12(2)18(24-19-16-6-4-5-7-17(16)31(28,29)25-19)21(27)30-13(3)20(26)23-15-10-8-14(22)9-11-15/h4-13,18H,1-3H3,(H,23,26)(H,24,25)/t13-,18+/m1/s1. The quantitative estimate of drug-likeness (QED) is 0.639. The third-order valence-electron chi connectivity index (χ3n) is 4.58. The van der Waals surface area contributed by atoms with Crippen LogP contribution in [0.25, 0.3) is 0 Å². The van der Waals surface area contributed by atoms with Crippen molar-refractivity contribution < 1.29 is 22.7 Å². The number of esters is 1. The van der Waals surface area contributed by atoms with Crippen molar-refractivity contribution in [3.63, 3.8) is 0 Å². The minimum Gasteiger partial charge on any atom is -0.451 e. The molecule has 3 rings (SSSR count). The highest BCUT2D eigenvalue weighted by molar-refractivity contribution is 7.90. The van der Waals surface area contributed by atoms with Gasteiger partial charge >= 0.3 is 5.97 Å². The fraction of sp³-hybridized carbons (Fsp3) is 0.286. The molecule has 0 bridgehead atoms. The van der Waals surface area contributed by atoms with Crippen LogP contribution in [0.4, 0.5) is 5.69 Å². The van der Waals surface area contributed by atoms with Gasteiger partial charge in [-0.3, -0.25) is 14.5 Å². The summed E-state index contributed by atoms with van der Waals surface area (Å²) >= 11 is 5.83. The molecule has 0 unspecified atom stereocenters. The fourth-order valence-corrected chi connectivity index (χ4v) is 4.28. The lowest BCUT2D eigenvalue weighted by Crippen LogP contribution is -2.37. The van der Waals surface area contributed by atoms with E-state index in [1.165, 1.54) is 13.0 Å². The SMILES string of the molecule is CC(C)[C@H](N=C1NS(=O)(=O)c2ccccc21)C(=O)O[C@H](C)C(=O)Nc1ccc(Cl)cc1. The molecular weight excluding hydrogens is 442 g/mol. The fourth-order valence-electron chi connectivity index (χ4n) is 2.92. The lowest BCUT2D eigenvalue weighted by Gasteiger charge is -2.19. The molecule has 0 saturated carbocycles. The molecule has 1 heterocycles. The lowest BCUT2D eigenvalue weighted by atomic mass is 10.0. The van der Waals surface area contributed by atoms with Crippen molar-refractivity contribution in [2.45, 2.75) is 37.8 Å². The minimum atomic E-state index is -3.73. The van der Waals surface area contributed by atoms with Gasteiger partial charge in [-0.15, -0.1) is 0 Å². The maximum atomic E-state index is 12.8. The molecule has 10 heteroatoms. The Morgan fingerprint density at radius 3 is 2.35 bits per heavy atom. The number of sulfonamides is 1. The third-order valence-corrected chi connectivity index (χ3v) is 6.23. The number of carbonyl (C=O) groups is 2. The average molecular weight is 464 g/mol. The monoisotopic (exact) mass is 463 g/mol. The van der Waals surface area contributed by atoms with Crippen LogP contribution >= 0.6 is 11.6 Å². The molecule has 2 aromatic carbocycles. The maximum Gasteiger partial charge on any atom is 0.331 e. The largest absolute Gasteiger partial charge is 0.451 e. The van der Waals surface area contributed by atoms with Crippen molar-refractivity contribution >= 4 is 45.0 Å². The lowest BCUT2D eigenvalue weighted by molar-refractivity contribution is -0.155. The number of ether oxygens (including phenoxy) is 1. The molecule has 0 aromatic heterocycles. The number of hydrogen-bond donors (Lipinski definition) is 2. The first-order valence-corrected chi connectivity index (χ1v) is 11.4. The van der Waals surface area contributed by atoms with Crippen LogP contribution < -0.4 is 10.0 Å². The van der Waals surface area contributed by atoms with Gasteiger partial charge in [-0.2, -0.15) is 0 Å². The zero-order chi connectivity index (χ0) is 22.8. The van der Waals surface area contributed by atoms with E-state index in [0.29, 0.717) is 16.3 Å². The van der Waals surface area contributed by atoms with Gasteiger partial charge in [-0.05, 0) is 49.2 Å². The molecule has 0 fully saturated rings. The van der Waals surface area contributed by atoms with Gasteiger partial charge < -0.3 is 10.1 Å². The zero-order valence-electron chi connectivity index (χ0n) is 17.1. The highest BCUT2D eigenvalue weighted by Crippen LogP contribution is 2.24. The van der Waals surface area contributed by atoms with Gasteiger partial charge in [0, 0.05) is 16.3 Å². The van der Waals surface area contributed by atoms with Gasteiger partial charge in [-0.1, -0.05) is 37.6 Å². The molecule has 2 N–H and O–H groups in total. The number of anilines is 1. The summed E-state index contributed by atoms with van der Waals surface area (Å²) in [7, 11) is -3.73. The Hall–Kier alpha value is -2.91. The number of aliphatic imine (C=N–C) groups is 1. The Kier molecular flexibility index (Phi) is 6.66. The first-order valence-electron chi connectivity index (χ1n) is 9.55. The van der Waals surface area contributed by atoms with E-state index in [-0.39, 0.29) is 16.6 Å². The second kappa shape index (κ2) is 9.07. The number of hydrogen-bond acceptors (Lipinski definition) is 6. The van der Waals surface area contributed by atoms with Gasteiger partial charge in [0.15, 0.2) is 12.1 Å². The van der Waals surface area contributed by atoms with Crippen molar-refractivity contribution in [1.82, 2.24) is 4.72 Å². The highest BCUT2D eigenvalue weighted by atomic mass is 35.5. The van der Waals surface area contributed by atoms with Crippen molar-refractivity contribution in [3.8, 4) is 0 Å². The molecule has 1 aliphatic heterocycles. The molecule has 2 aromatic rings. The number of nitrogens with zero attached hydrogens (tertiary/aromatic N) is 1. The molecule has 0 spiro atoms. The molecule has 0 aliphatic carbocycles. The Morgan fingerprint density at radius 2 is 1.71 bits per heavy atom. The Morgan fingerprint density at radius 1 is 1.06 bits per heavy atom. The molecule has 31 heavy (non-hydrogen) atoms. The molecule has 2 atom stereocenters. The number of benzene rings is 2. The van der Waals surface area contributed by atoms with Gasteiger partial charge in [0.05, 0.1) is 4.90 Å². The number of amides is 1. The zero-order valence-corrected chi connectivity index (χ0v) is 18.7. The van der Waals surface area contributed by atoms with Gasteiger partial charge in [-0.25, -0.2) is 13.2 Å². The number of carbonyl (C=O) groups excluding carboxylic acids is 2.